The highest BCUT2D eigenvalue weighted by molar-refractivity contribution is 5.86. The Hall–Kier alpha value is -2.28. The Morgan fingerprint density at radius 2 is 1.93 bits per heavy atom. The van der Waals surface area contributed by atoms with Gasteiger partial charge in [-0.15, -0.1) is 0 Å². The van der Waals surface area contributed by atoms with E-state index in [0.29, 0.717) is 16.3 Å². The topological polar surface area (TPSA) is 71.8 Å². The van der Waals surface area contributed by atoms with Gasteiger partial charge in [0.25, 0.3) is 5.56 Å². The minimum Gasteiger partial charge on any atom is -0.336 e. The molecule has 0 saturated heterocycles. The van der Waals surface area contributed by atoms with Gasteiger partial charge in [0.2, 0.25) is 0 Å². The van der Waals surface area contributed by atoms with Crippen LogP contribution in [0.5, 0.6) is 0 Å². The highest BCUT2D eigenvalue weighted by Crippen LogP contribution is 2.12. The van der Waals surface area contributed by atoms with E-state index in [2.05, 4.69) is 0 Å². The molecule has 2 N–H and O–H groups in total. The number of benzene rings is 1. The van der Waals surface area contributed by atoms with Gasteiger partial charge in [-0.05, 0) is 6.07 Å². The molecule has 0 aliphatic heterocycles. The average molecular weight is 185 g/mol. The van der Waals surface area contributed by atoms with Crippen LogP contribution >= 0.6 is 0 Å². The van der Waals surface area contributed by atoms with Crippen LogP contribution in [0.15, 0.2) is 35.3 Å². The number of fused-ring (bicyclic) bond motifs is 1. The standard InChI is InChI=1S/C10H7N3O/c11-5-7-6-13(12)10(14)9-4-2-1-3-8(7)9/h1-4,6H,12H2. The quantitative estimate of drug-likeness (QED) is 0.610. The van der Waals surface area contributed by atoms with Gasteiger partial charge in [0, 0.05) is 11.6 Å². The molecule has 68 valence electrons. The summed E-state index contributed by atoms with van der Waals surface area (Å²) in [7, 11) is 0. The summed E-state index contributed by atoms with van der Waals surface area (Å²) in [4.78, 5) is 11.5. The van der Waals surface area contributed by atoms with Crippen LogP contribution in [0.1, 0.15) is 5.56 Å². The fourth-order valence-electron chi connectivity index (χ4n) is 1.40. The number of nitriles is 1. The molecule has 0 saturated carbocycles. The lowest BCUT2D eigenvalue weighted by Crippen LogP contribution is -2.26. The van der Waals surface area contributed by atoms with Crippen molar-refractivity contribution in [1.82, 2.24) is 4.68 Å². The van der Waals surface area contributed by atoms with E-state index in [0.717, 1.165) is 4.68 Å². The van der Waals surface area contributed by atoms with Crippen LogP contribution in [0.3, 0.4) is 0 Å². The molecule has 0 atom stereocenters. The molecule has 0 aliphatic carbocycles. The highest BCUT2D eigenvalue weighted by atomic mass is 16.1. The Bertz CT molecular complexity index is 592. The van der Waals surface area contributed by atoms with E-state index >= 15 is 0 Å². The molecular formula is C10H7N3O. The van der Waals surface area contributed by atoms with Gasteiger partial charge in [-0.1, -0.05) is 18.2 Å². The van der Waals surface area contributed by atoms with Crippen molar-refractivity contribution < 1.29 is 0 Å². The van der Waals surface area contributed by atoms with Crippen LogP contribution in [0, 0.1) is 11.3 Å². The lowest BCUT2D eigenvalue weighted by Gasteiger charge is -2.02. The summed E-state index contributed by atoms with van der Waals surface area (Å²) in [6, 6.07) is 8.91. The minimum absolute atomic E-state index is 0.292. The Balaban J connectivity index is 3.07. The van der Waals surface area contributed by atoms with Gasteiger partial charge in [0.15, 0.2) is 0 Å². The van der Waals surface area contributed by atoms with Crippen LogP contribution in [0.25, 0.3) is 10.8 Å². The van der Waals surface area contributed by atoms with Crippen molar-refractivity contribution in [2.45, 2.75) is 0 Å². The predicted molar refractivity (Wildman–Crippen MR) is 53.1 cm³/mol. The number of aromatic nitrogens is 1. The summed E-state index contributed by atoms with van der Waals surface area (Å²) in [6.45, 7) is 0. The maximum atomic E-state index is 11.5. The number of rotatable bonds is 0. The van der Waals surface area contributed by atoms with E-state index in [1.54, 1.807) is 24.3 Å². The maximum absolute atomic E-state index is 11.5. The number of nitrogen functional groups attached to an aromatic ring is 1. The van der Waals surface area contributed by atoms with Crippen LogP contribution in [-0.4, -0.2) is 4.68 Å². The van der Waals surface area contributed by atoms with Gasteiger partial charge in [-0.3, -0.25) is 4.79 Å². The second-order valence-electron chi connectivity index (χ2n) is 2.91. The third kappa shape index (κ3) is 1.04. The molecule has 4 heteroatoms. The van der Waals surface area contributed by atoms with Gasteiger partial charge in [-0.2, -0.15) is 5.26 Å². The van der Waals surface area contributed by atoms with Crippen LogP contribution < -0.4 is 11.4 Å². The SMILES string of the molecule is N#Cc1cn(N)c(=O)c2ccccc12. The van der Waals surface area contributed by atoms with Crippen molar-refractivity contribution in [3.05, 3.63) is 46.4 Å². The number of pyridine rings is 1. The first kappa shape index (κ1) is 8.32. The number of hydrogen-bond acceptors (Lipinski definition) is 3. The summed E-state index contributed by atoms with van der Waals surface area (Å²) >= 11 is 0. The van der Waals surface area contributed by atoms with E-state index in [1.807, 2.05) is 6.07 Å². The van der Waals surface area contributed by atoms with Gasteiger partial charge in [0.05, 0.1) is 10.9 Å². The fraction of sp³-hybridized carbons (Fsp3) is 0. The molecule has 1 aromatic heterocycles. The summed E-state index contributed by atoms with van der Waals surface area (Å²) < 4.78 is 0.931. The van der Waals surface area contributed by atoms with Gasteiger partial charge in [-0.25, -0.2) is 4.68 Å². The fourth-order valence-corrected chi connectivity index (χ4v) is 1.40. The molecule has 0 spiro atoms. The lowest BCUT2D eigenvalue weighted by molar-refractivity contribution is 0.949. The van der Waals surface area contributed by atoms with Crippen molar-refractivity contribution >= 4 is 10.8 Å². The van der Waals surface area contributed by atoms with Crippen molar-refractivity contribution in [3.8, 4) is 6.07 Å². The highest BCUT2D eigenvalue weighted by Gasteiger charge is 2.05. The molecule has 1 heterocycles. The Labute approximate surface area is 79.8 Å². The molecule has 0 radical (unpaired) electrons. The second-order valence-corrected chi connectivity index (χ2v) is 2.91. The van der Waals surface area contributed by atoms with E-state index in [9.17, 15) is 4.79 Å². The zero-order valence-electron chi connectivity index (χ0n) is 7.27. The summed E-state index contributed by atoms with van der Waals surface area (Å²) in [5, 5.41) is 9.94. The van der Waals surface area contributed by atoms with E-state index in [1.165, 1.54) is 6.20 Å². The molecular weight excluding hydrogens is 178 g/mol. The van der Waals surface area contributed by atoms with Crippen LogP contribution in [0.4, 0.5) is 0 Å². The Morgan fingerprint density at radius 1 is 1.29 bits per heavy atom. The normalized spacial score (nSPS) is 9.93. The first-order chi connectivity index (χ1) is 6.74. The van der Waals surface area contributed by atoms with Gasteiger partial charge < -0.3 is 5.84 Å². The van der Waals surface area contributed by atoms with Crippen molar-refractivity contribution in [3.63, 3.8) is 0 Å². The maximum Gasteiger partial charge on any atom is 0.276 e. The molecule has 0 fully saturated rings. The molecule has 4 nitrogen and oxygen atoms in total. The van der Waals surface area contributed by atoms with E-state index in [-0.39, 0.29) is 5.56 Å². The largest absolute Gasteiger partial charge is 0.336 e. The molecule has 14 heavy (non-hydrogen) atoms. The molecule has 2 rings (SSSR count). The zero-order chi connectivity index (χ0) is 10.1. The smallest absolute Gasteiger partial charge is 0.276 e. The van der Waals surface area contributed by atoms with Crippen LogP contribution in [0.2, 0.25) is 0 Å². The third-order valence-electron chi connectivity index (χ3n) is 2.07. The lowest BCUT2D eigenvalue weighted by atomic mass is 10.1. The molecule has 0 aliphatic rings. The zero-order valence-corrected chi connectivity index (χ0v) is 7.27. The number of nitrogens with two attached hydrogens (primary N) is 1. The van der Waals surface area contributed by atoms with Crippen molar-refractivity contribution in [2.24, 2.45) is 0 Å². The molecule has 1 aromatic carbocycles. The minimum atomic E-state index is -0.292. The number of hydrogen-bond donors (Lipinski definition) is 1. The molecule has 2 aromatic rings. The van der Waals surface area contributed by atoms with Crippen molar-refractivity contribution in [1.29, 1.82) is 5.26 Å². The first-order valence-corrected chi connectivity index (χ1v) is 4.03. The summed E-state index contributed by atoms with van der Waals surface area (Å²) in [6.07, 6.45) is 1.34. The molecule has 0 unspecified atom stereocenters. The summed E-state index contributed by atoms with van der Waals surface area (Å²) in [5.41, 5.74) is 0.113. The Morgan fingerprint density at radius 3 is 2.57 bits per heavy atom. The van der Waals surface area contributed by atoms with Crippen molar-refractivity contribution in [2.75, 3.05) is 5.84 Å². The molecule has 0 bridgehead atoms. The average Bonchev–Trinajstić information content (AvgIpc) is 2.23. The predicted octanol–water partition coefficient (Wildman–Crippen LogP) is 0.587. The van der Waals surface area contributed by atoms with E-state index in [4.69, 9.17) is 11.1 Å². The Kier molecular flexibility index (Phi) is 1.72. The monoisotopic (exact) mass is 185 g/mol. The van der Waals surface area contributed by atoms with Crippen LogP contribution in [-0.2, 0) is 0 Å². The van der Waals surface area contributed by atoms with Gasteiger partial charge in [0.1, 0.15) is 6.07 Å². The third-order valence-corrected chi connectivity index (χ3v) is 2.07. The first-order valence-electron chi connectivity index (χ1n) is 4.03. The summed E-state index contributed by atoms with van der Waals surface area (Å²) in [5.74, 6) is 5.42. The van der Waals surface area contributed by atoms with Gasteiger partial charge >= 0.3 is 0 Å². The second kappa shape index (κ2) is 2.89. The van der Waals surface area contributed by atoms with E-state index < -0.39 is 0 Å². The molecule has 0 amide bonds. The number of nitrogens with zero attached hydrogens (tertiary/aromatic N) is 2.